The van der Waals surface area contributed by atoms with Crippen molar-refractivity contribution in [3.05, 3.63) is 106 Å². The van der Waals surface area contributed by atoms with Crippen molar-refractivity contribution in [1.29, 1.82) is 0 Å². The molecule has 1 N–H and O–H groups in total. The van der Waals surface area contributed by atoms with Gasteiger partial charge in [-0.05, 0) is 49.2 Å². The van der Waals surface area contributed by atoms with Crippen molar-refractivity contribution in [1.82, 2.24) is 14.2 Å². The van der Waals surface area contributed by atoms with Crippen molar-refractivity contribution in [3.8, 4) is 17.2 Å². The summed E-state index contributed by atoms with van der Waals surface area (Å²) in [5, 5.41) is 21.3. The monoisotopic (exact) mass is 620 g/mol. The number of carbonyl (C=O) groups is 1. The van der Waals surface area contributed by atoms with Crippen molar-refractivity contribution in [2.24, 2.45) is 0 Å². The van der Waals surface area contributed by atoms with Crippen LogP contribution in [0, 0.1) is 17.0 Å². The van der Waals surface area contributed by atoms with Gasteiger partial charge in [0.25, 0.3) is 5.69 Å². The molecule has 0 bridgehead atoms. The summed E-state index contributed by atoms with van der Waals surface area (Å²) in [4.78, 5) is 28.8. The van der Waals surface area contributed by atoms with Gasteiger partial charge in [0.1, 0.15) is 17.6 Å². The van der Waals surface area contributed by atoms with E-state index in [1.165, 1.54) is 22.5 Å². The Hall–Kier alpha value is -4.59. The summed E-state index contributed by atoms with van der Waals surface area (Å²) in [6.45, 7) is 2.64. The summed E-state index contributed by atoms with van der Waals surface area (Å²) in [6.07, 6.45) is 0.775. The average molecular weight is 621 g/mol. The van der Waals surface area contributed by atoms with E-state index in [1.807, 2.05) is 49.4 Å². The second kappa shape index (κ2) is 13.4. The third-order valence-electron chi connectivity index (χ3n) is 7.55. The number of aromatic nitrogens is 1. The molecule has 5 rings (SSSR count). The average Bonchev–Trinajstić information content (AvgIpc) is 3.41. The molecule has 3 aromatic carbocycles. The van der Waals surface area contributed by atoms with E-state index in [9.17, 15) is 28.4 Å². The van der Waals surface area contributed by atoms with Gasteiger partial charge in [-0.2, -0.15) is 4.31 Å². The number of oxazole rings is 1. The van der Waals surface area contributed by atoms with E-state index in [2.05, 4.69) is 4.98 Å². The van der Waals surface area contributed by atoms with Crippen molar-refractivity contribution in [2.45, 2.75) is 30.7 Å². The zero-order chi connectivity index (χ0) is 31.3. The van der Waals surface area contributed by atoms with Crippen LogP contribution in [0.4, 0.5) is 5.69 Å². The van der Waals surface area contributed by atoms with Gasteiger partial charge in [0.15, 0.2) is 4.90 Å². The molecule has 230 valence electrons. The first-order valence-corrected chi connectivity index (χ1v) is 15.5. The Morgan fingerprint density at radius 3 is 2.34 bits per heavy atom. The van der Waals surface area contributed by atoms with Gasteiger partial charge in [-0.1, -0.05) is 42.5 Å². The number of benzene rings is 3. The number of aliphatic carboxylic acids is 1. The molecule has 13 heteroatoms. The lowest BCUT2D eigenvalue weighted by molar-refractivity contribution is -0.387. The van der Waals surface area contributed by atoms with Gasteiger partial charge in [0, 0.05) is 44.2 Å². The number of hydrogen-bond donors (Lipinski definition) is 1. The molecule has 1 aliphatic rings. The first kappa shape index (κ1) is 30.9. The number of nitro benzene ring substituents is 1. The molecule has 1 aliphatic heterocycles. The molecule has 1 fully saturated rings. The topological polar surface area (TPSA) is 156 Å². The van der Waals surface area contributed by atoms with Crippen molar-refractivity contribution >= 4 is 21.7 Å². The largest absolute Gasteiger partial charge is 0.493 e. The van der Waals surface area contributed by atoms with Crippen LogP contribution in [0.1, 0.15) is 17.0 Å². The molecule has 1 saturated heterocycles. The second-order valence-corrected chi connectivity index (χ2v) is 12.3. The van der Waals surface area contributed by atoms with Gasteiger partial charge in [-0.25, -0.2) is 13.4 Å². The van der Waals surface area contributed by atoms with Gasteiger partial charge in [0.05, 0.1) is 17.2 Å². The third-order valence-corrected chi connectivity index (χ3v) is 9.50. The van der Waals surface area contributed by atoms with Gasteiger partial charge >= 0.3 is 5.97 Å². The molecule has 0 saturated carbocycles. The van der Waals surface area contributed by atoms with Crippen LogP contribution in [0.25, 0.3) is 11.5 Å². The molecule has 0 unspecified atom stereocenters. The number of aryl methyl sites for hydroxylation is 1. The minimum atomic E-state index is -4.12. The summed E-state index contributed by atoms with van der Waals surface area (Å²) < 4.78 is 39.2. The number of nitro groups is 1. The maximum Gasteiger partial charge on any atom is 0.321 e. The fourth-order valence-corrected chi connectivity index (χ4v) is 6.75. The number of piperazine rings is 1. The molecular formula is C31H32N4O8S. The molecule has 0 spiro atoms. The number of carboxylic acid groups (broad SMARTS) is 1. The highest BCUT2D eigenvalue weighted by Gasteiger charge is 2.36. The van der Waals surface area contributed by atoms with Gasteiger partial charge < -0.3 is 14.3 Å². The summed E-state index contributed by atoms with van der Waals surface area (Å²) in [7, 11) is -4.12. The van der Waals surface area contributed by atoms with E-state index in [0.29, 0.717) is 24.7 Å². The molecule has 4 aromatic rings. The number of nitrogens with zero attached hydrogens (tertiary/aromatic N) is 4. The molecule has 0 aliphatic carbocycles. The molecule has 12 nitrogen and oxygen atoms in total. The summed E-state index contributed by atoms with van der Waals surface area (Å²) in [5.74, 6) is 0.929. The maximum atomic E-state index is 13.1. The van der Waals surface area contributed by atoms with Crippen LogP contribution >= 0.6 is 0 Å². The molecule has 1 atom stereocenters. The van der Waals surface area contributed by atoms with Gasteiger partial charge in [0.2, 0.25) is 15.9 Å². The zero-order valence-electron chi connectivity index (χ0n) is 24.0. The number of para-hydroxylation sites is 1. The van der Waals surface area contributed by atoms with Crippen LogP contribution in [0.5, 0.6) is 5.75 Å². The van der Waals surface area contributed by atoms with Crippen molar-refractivity contribution in [2.75, 3.05) is 32.8 Å². The van der Waals surface area contributed by atoms with E-state index >= 15 is 0 Å². The van der Waals surface area contributed by atoms with Crippen LogP contribution < -0.4 is 4.74 Å². The zero-order valence-corrected chi connectivity index (χ0v) is 24.9. The quantitative estimate of drug-likeness (QED) is 0.180. The third kappa shape index (κ3) is 6.96. The predicted molar refractivity (Wildman–Crippen MR) is 161 cm³/mol. The Kier molecular flexibility index (Phi) is 9.37. The van der Waals surface area contributed by atoms with Crippen LogP contribution in [-0.2, 0) is 27.7 Å². The van der Waals surface area contributed by atoms with Crippen molar-refractivity contribution < 1.29 is 32.4 Å². The minimum Gasteiger partial charge on any atom is -0.493 e. The van der Waals surface area contributed by atoms with E-state index in [4.69, 9.17) is 9.15 Å². The minimum absolute atomic E-state index is 0.0166. The number of hydrogen-bond acceptors (Lipinski definition) is 9. The number of rotatable bonds is 12. The molecule has 0 radical (unpaired) electrons. The van der Waals surface area contributed by atoms with Crippen LogP contribution in [-0.4, -0.2) is 77.4 Å². The van der Waals surface area contributed by atoms with Gasteiger partial charge in [-0.3, -0.25) is 19.8 Å². The Bertz CT molecular complexity index is 1720. The lowest BCUT2D eigenvalue weighted by Gasteiger charge is -2.37. The molecule has 44 heavy (non-hydrogen) atoms. The molecular weight excluding hydrogens is 588 g/mol. The van der Waals surface area contributed by atoms with E-state index in [-0.39, 0.29) is 37.5 Å². The number of ether oxygens (including phenoxy) is 1. The smallest absolute Gasteiger partial charge is 0.321 e. The SMILES string of the molecule is Cc1oc(-c2ccccc2)nc1CCOc1ccc(C[C@@H](C(=O)O)N2CCN(S(=O)(=O)c3ccccc3[N+](=O)[O-])CC2)cc1. The Morgan fingerprint density at radius 1 is 1.02 bits per heavy atom. The normalized spacial score (nSPS) is 15.1. The lowest BCUT2D eigenvalue weighted by atomic mass is 10.0. The highest BCUT2D eigenvalue weighted by atomic mass is 32.2. The highest BCUT2D eigenvalue weighted by Crippen LogP contribution is 2.28. The van der Waals surface area contributed by atoms with E-state index < -0.39 is 32.6 Å². The summed E-state index contributed by atoms with van der Waals surface area (Å²) in [5.41, 5.74) is 2.03. The lowest BCUT2D eigenvalue weighted by Crippen LogP contribution is -2.54. The first-order chi connectivity index (χ1) is 21.1. The van der Waals surface area contributed by atoms with Crippen LogP contribution in [0.2, 0.25) is 0 Å². The first-order valence-electron chi connectivity index (χ1n) is 14.1. The Labute approximate surface area is 254 Å². The molecule has 2 heterocycles. The molecule has 0 amide bonds. The second-order valence-electron chi connectivity index (χ2n) is 10.4. The Morgan fingerprint density at radius 2 is 1.68 bits per heavy atom. The fourth-order valence-electron chi connectivity index (χ4n) is 5.17. The highest BCUT2D eigenvalue weighted by molar-refractivity contribution is 7.89. The Balaban J connectivity index is 1.15. The predicted octanol–water partition coefficient (Wildman–Crippen LogP) is 4.18. The maximum absolute atomic E-state index is 13.1. The standard InChI is InChI=1S/C31H32N4O8S/c1-22-26(32-30(43-22)24-7-3-2-4-8-24)15-20-42-25-13-11-23(12-14-25)21-28(31(36)37)33-16-18-34(19-17-33)44(40,41)29-10-6-5-9-27(29)35(38)39/h2-14,28H,15-21H2,1H3,(H,36,37)/t28-/m0/s1. The fraction of sp³-hybridized carbons (Fsp3) is 0.290. The number of sulfonamides is 1. The summed E-state index contributed by atoms with van der Waals surface area (Å²) >= 11 is 0. The van der Waals surface area contributed by atoms with Crippen molar-refractivity contribution in [3.63, 3.8) is 0 Å². The molecule has 1 aromatic heterocycles. The van der Waals surface area contributed by atoms with Crippen LogP contribution in [0.3, 0.4) is 0 Å². The van der Waals surface area contributed by atoms with Crippen LogP contribution in [0.15, 0.2) is 88.2 Å². The summed E-state index contributed by atoms with van der Waals surface area (Å²) in [6, 6.07) is 21.2. The van der Waals surface area contributed by atoms with Gasteiger partial charge in [-0.15, -0.1) is 0 Å². The number of carboxylic acids is 1. The van der Waals surface area contributed by atoms with E-state index in [0.717, 1.165) is 28.6 Å². The van der Waals surface area contributed by atoms with E-state index in [1.54, 1.807) is 17.0 Å².